The smallest absolute Gasteiger partial charge is 0.296 e. The van der Waals surface area contributed by atoms with Crippen LogP contribution in [0.1, 0.15) is 12.5 Å². The molecule has 6 nitrogen and oxygen atoms in total. The Bertz CT molecular complexity index is 783. The first-order valence-electron chi connectivity index (χ1n) is 7.16. The zero-order chi connectivity index (χ0) is 17.7. The molecule has 0 amide bonds. The van der Waals surface area contributed by atoms with E-state index in [1.54, 1.807) is 24.3 Å². The van der Waals surface area contributed by atoms with E-state index in [1.807, 2.05) is 19.9 Å². The molecular formula is C16H16ClN3O3S. The molecule has 2 aromatic carbocycles. The van der Waals surface area contributed by atoms with Gasteiger partial charge in [-0.1, -0.05) is 17.7 Å². The molecule has 24 heavy (non-hydrogen) atoms. The second-order valence-electron chi connectivity index (χ2n) is 4.86. The first-order valence-corrected chi connectivity index (χ1v) is 7.95. The SMILES string of the molecule is CCOc1ccc(NC(=S)Nc2cccc(Cl)c2C)c([N+](=O)[O-])c1. The van der Waals surface area contributed by atoms with Crippen molar-refractivity contribution in [2.45, 2.75) is 13.8 Å². The topological polar surface area (TPSA) is 76.4 Å². The molecule has 0 radical (unpaired) electrons. The summed E-state index contributed by atoms with van der Waals surface area (Å²) in [6.45, 7) is 4.09. The van der Waals surface area contributed by atoms with E-state index in [4.69, 9.17) is 28.6 Å². The van der Waals surface area contributed by atoms with Crippen LogP contribution >= 0.6 is 23.8 Å². The summed E-state index contributed by atoms with van der Waals surface area (Å²) in [7, 11) is 0. The molecule has 0 fully saturated rings. The zero-order valence-electron chi connectivity index (χ0n) is 13.1. The average molecular weight is 366 g/mol. The molecule has 0 aliphatic rings. The van der Waals surface area contributed by atoms with Crippen molar-refractivity contribution < 1.29 is 9.66 Å². The van der Waals surface area contributed by atoms with E-state index in [0.29, 0.717) is 17.4 Å². The monoisotopic (exact) mass is 365 g/mol. The highest BCUT2D eigenvalue weighted by molar-refractivity contribution is 7.80. The summed E-state index contributed by atoms with van der Waals surface area (Å²) in [6, 6.07) is 9.95. The van der Waals surface area contributed by atoms with E-state index in [0.717, 1.165) is 11.3 Å². The molecular weight excluding hydrogens is 350 g/mol. The van der Waals surface area contributed by atoms with E-state index in [2.05, 4.69) is 10.6 Å². The summed E-state index contributed by atoms with van der Waals surface area (Å²) in [4.78, 5) is 10.8. The number of nitro groups is 1. The van der Waals surface area contributed by atoms with Crippen LogP contribution in [0.4, 0.5) is 17.1 Å². The fourth-order valence-corrected chi connectivity index (χ4v) is 2.44. The van der Waals surface area contributed by atoms with Gasteiger partial charge in [-0.15, -0.1) is 0 Å². The third-order valence-corrected chi connectivity index (χ3v) is 3.85. The van der Waals surface area contributed by atoms with Crippen molar-refractivity contribution in [1.29, 1.82) is 0 Å². The molecule has 0 saturated carbocycles. The summed E-state index contributed by atoms with van der Waals surface area (Å²) in [6.07, 6.45) is 0. The normalized spacial score (nSPS) is 10.1. The van der Waals surface area contributed by atoms with E-state index in [1.165, 1.54) is 6.07 Å². The van der Waals surface area contributed by atoms with Gasteiger partial charge < -0.3 is 15.4 Å². The number of anilines is 2. The number of nitrogens with zero attached hydrogens (tertiary/aromatic N) is 1. The Hall–Kier alpha value is -2.38. The zero-order valence-corrected chi connectivity index (χ0v) is 14.7. The van der Waals surface area contributed by atoms with E-state index >= 15 is 0 Å². The third-order valence-electron chi connectivity index (χ3n) is 3.24. The first-order chi connectivity index (χ1) is 11.4. The predicted molar refractivity (Wildman–Crippen MR) is 100 cm³/mol. The van der Waals surface area contributed by atoms with Crippen LogP contribution in [0.5, 0.6) is 5.75 Å². The van der Waals surface area contributed by atoms with Gasteiger partial charge in [-0.2, -0.15) is 0 Å². The number of nitrogens with one attached hydrogen (secondary N) is 2. The van der Waals surface area contributed by atoms with E-state index < -0.39 is 4.92 Å². The molecule has 8 heteroatoms. The summed E-state index contributed by atoms with van der Waals surface area (Å²) < 4.78 is 5.29. The number of rotatable bonds is 5. The number of hydrogen-bond donors (Lipinski definition) is 2. The molecule has 0 heterocycles. The minimum absolute atomic E-state index is 0.118. The molecule has 126 valence electrons. The highest BCUT2D eigenvalue weighted by Gasteiger charge is 2.16. The van der Waals surface area contributed by atoms with Gasteiger partial charge in [-0.05, 0) is 55.9 Å². The highest BCUT2D eigenvalue weighted by atomic mass is 35.5. The first kappa shape index (κ1) is 18.0. The number of ether oxygens (including phenoxy) is 1. The van der Waals surface area contributed by atoms with Gasteiger partial charge in [0.2, 0.25) is 0 Å². The molecule has 0 aliphatic carbocycles. The van der Waals surface area contributed by atoms with Crippen LogP contribution < -0.4 is 15.4 Å². The van der Waals surface area contributed by atoms with Crippen molar-refractivity contribution in [2.75, 3.05) is 17.2 Å². The summed E-state index contributed by atoms with van der Waals surface area (Å²) >= 11 is 11.3. The van der Waals surface area contributed by atoms with Crippen molar-refractivity contribution in [1.82, 2.24) is 0 Å². The van der Waals surface area contributed by atoms with Crippen molar-refractivity contribution in [2.24, 2.45) is 0 Å². The molecule has 0 aliphatic heterocycles. The van der Waals surface area contributed by atoms with Crippen LogP contribution in [0.2, 0.25) is 5.02 Å². The van der Waals surface area contributed by atoms with Crippen LogP contribution in [-0.2, 0) is 0 Å². The van der Waals surface area contributed by atoms with Crippen molar-refractivity contribution in [3.63, 3.8) is 0 Å². The van der Waals surface area contributed by atoms with Crippen LogP contribution in [0.15, 0.2) is 36.4 Å². The van der Waals surface area contributed by atoms with Gasteiger partial charge in [0.05, 0.1) is 17.6 Å². The summed E-state index contributed by atoms with van der Waals surface area (Å²) in [5, 5.41) is 17.9. The minimum atomic E-state index is -0.488. The highest BCUT2D eigenvalue weighted by Crippen LogP contribution is 2.29. The fraction of sp³-hybridized carbons (Fsp3) is 0.188. The van der Waals surface area contributed by atoms with Gasteiger partial charge in [0.1, 0.15) is 11.4 Å². The van der Waals surface area contributed by atoms with Crippen molar-refractivity contribution >= 4 is 46.0 Å². The van der Waals surface area contributed by atoms with Crippen molar-refractivity contribution in [3.8, 4) is 5.75 Å². The van der Waals surface area contributed by atoms with E-state index in [9.17, 15) is 10.1 Å². The number of halogens is 1. The van der Waals surface area contributed by atoms with Gasteiger partial charge in [0, 0.05) is 10.7 Å². The molecule has 2 aromatic rings. The Balaban J connectivity index is 2.19. The Morgan fingerprint density at radius 1 is 1.29 bits per heavy atom. The number of nitro benzene ring substituents is 1. The quantitative estimate of drug-likeness (QED) is 0.451. The maximum absolute atomic E-state index is 11.2. The van der Waals surface area contributed by atoms with Crippen molar-refractivity contribution in [3.05, 3.63) is 57.1 Å². The fourth-order valence-electron chi connectivity index (χ4n) is 2.04. The lowest BCUT2D eigenvalue weighted by Gasteiger charge is -2.14. The molecule has 0 atom stereocenters. The lowest BCUT2D eigenvalue weighted by molar-refractivity contribution is -0.384. The largest absolute Gasteiger partial charge is 0.494 e. The number of hydrogen-bond acceptors (Lipinski definition) is 4. The third kappa shape index (κ3) is 4.33. The predicted octanol–water partition coefficient (Wildman–Crippen LogP) is 4.76. The molecule has 0 spiro atoms. The van der Waals surface area contributed by atoms with Gasteiger partial charge in [0.25, 0.3) is 5.69 Å². The molecule has 2 N–H and O–H groups in total. The van der Waals surface area contributed by atoms with Crippen LogP contribution in [0.25, 0.3) is 0 Å². The maximum atomic E-state index is 11.2. The molecule has 0 saturated heterocycles. The standard InChI is InChI=1S/C16H16ClN3O3S/c1-3-23-11-7-8-14(15(9-11)20(21)22)19-16(24)18-13-6-4-5-12(17)10(13)2/h4-9H,3H2,1-2H3,(H2,18,19,24). The lowest BCUT2D eigenvalue weighted by atomic mass is 10.2. The van der Waals surface area contributed by atoms with E-state index in [-0.39, 0.29) is 16.5 Å². The Morgan fingerprint density at radius 3 is 2.67 bits per heavy atom. The number of benzene rings is 2. The van der Waals surface area contributed by atoms with Crippen LogP contribution in [-0.4, -0.2) is 16.6 Å². The minimum Gasteiger partial charge on any atom is -0.494 e. The Kier molecular flexibility index (Phi) is 5.94. The molecule has 0 unspecified atom stereocenters. The molecule has 0 aromatic heterocycles. The number of thiocarbonyl (C=S) groups is 1. The average Bonchev–Trinajstić information content (AvgIpc) is 2.53. The Labute approximate surface area is 149 Å². The second-order valence-corrected chi connectivity index (χ2v) is 5.68. The van der Waals surface area contributed by atoms with Gasteiger partial charge in [0.15, 0.2) is 5.11 Å². The van der Waals surface area contributed by atoms with Crippen LogP contribution in [0.3, 0.4) is 0 Å². The lowest BCUT2D eigenvalue weighted by Crippen LogP contribution is -2.20. The van der Waals surface area contributed by atoms with Gasteiger partial charge >= 0.3 is 0 Å². The molecule has 2 rings (SSSR count). The van der Waals surface area contributed by atoms with Gasteiger partial charge in [-0.25, -0.2) is 0 Å². The Morgan fingerprint density at radius 2 is 2.00 bits per heavy atom. The van der Waals surface area contributed by atoms with Gasteiger partial charge in [-0.3, -0.25) is 10.1 Å². The van der Waals surface area contributed by atoms with Crippen LogP contribution in [0, 0.1) is 17.0 Å². The summed E-state index contributed by atoms with van der Waals surface area (Å²) in [5.41, 5.74) is 1.73. The maximum Gasteiger partial charge on any atom is 0.296 e. The second kappa shape index (κ2) is 7.94. The summed E-state index contributed by atoms with van der Waals surface area (Å²) in [5.74, 6) is 0.430. The molecule has 0 bridgehead atoms.